The molecule has 0 aromatic rings. The van der Waals surface area contributed by atoms with E-state index in [1.54, 1.807) is 0 Å². The van der Waals surface area contributed by atoms with Crippen molar-refractivity contribution in [1.29, 1.82) is 0 Å². The molecule has 0 heterocycles. The Kier molecular flexibility index (Phi) is 11.3. The number of hydrogen-bond acceptors (Lipinski definition) is 5. The molecular weight excluding hydrogens is 609 g/mol. The summed E-state index contributed by atoms with van der Waals surface area (Å²) in [6, 6.07) is 0. The van der Waals surface area contributed by atoms with Crippen LogP contribution in [0.3, 0.4) is 0 Å². The van der Waals surface area contributed by atoms with Crippen molar-refractivity contribution in [3.05, 3.63) is 12.2 Å². The van der Waals surface area contributed by atoms with Crippen LogP contribution in [0.2, 0.25) is 58.9 Å². The number of methoxy groups -OCH3 is 1. The molecule has 4 rings (SSSR count). The molecule has 4 aliphatic carbocycles. The number of carbonyl (C=O) groups excluding carboxylic acids is 1. The molecule has 0 saturated heterocycles. The van der Waals surface area contributed by atoms with Crippen LogP contribution in [0.5, 0.6) is 0 Å². The van der Waals surface area contributed by atoms with Crippen molar-refractivity contribution >= 4 is 30.9 Å². The summed E-state index contributed by atoms with van der Waals surface area (Å²) in [7, 11) is -3.67. The summed E-state index contributed by atoms with van der Waals surface area (Å²) in [6.45, 7) is 31.1. The lowest BCUT2D eigenvalue weighted by atomic mass is 9.43. The first-order valence-electron chi connectivity index (χ1n) is 18.4. The second kappa shape index (κ2) is 13.6. The van der Waals surface area contributed by atoms with Crippen LogP contribution >= 0.6 is 0 Å². The van der Waals surface area contributed by atoms with Gasteiger partial charge in [0.1, 0.15) is 0 Å². The smallest absolute Gasteiger partial charge is 0.312 e. The van der Waals surface area contributed by atoms with Crippen molar-refractivity contribution in [3.63, 3.8) is 0 Å². The van der Waals surface area contributed by atoms with E-state index in [0.717, 1.165) is 6.42 Å². The van der Waals surface area contributed by atoms with Crippen LogP contribution in [0.25, 0.3) is 0 Å². The largest absolute Gasteiger partial charge is 0.469 e. The van der Waals surface area contributed by atoms with Gasteiger partial charge in [-0.15, -0.1) is 0 Å². The zero-order valence-electron chi connectivity index (χ0n) is 31.6. The maximum Gasteiger partial charge on any atom is 0.312 e. The van der Waals surface area contributed by atoms with Crippen LogP contribution in [0.4, 0.5) is 0 Å². The van der Waals surface area contributed by atoms with Gasteiger partial charge in [0, 0.05) is 12.2 Å². The predicted molar refractivity (Wildman–Crippen MR) is 195 cm³/mol. The van der Waals surface area contributed by atoms with Gasteiger partial charge < -0.3 is 18.0 Å². The highest BCUT2D eigenvalue weighted by Crippen LogP contribution is 2.69. The Hall–Kier alpha value is -0.259. The highest BCUT2D eigenvalue weighted by molar-refractivity contribution is 6.70. The number of carbonyl (C=O) groups is 1. The Balaban J connectivity index is 1.70. The normalized spacial score (nSPS) is 40.4. The van der Waals surface area contributed by atoms with Gasteiger partial charge in [-0.2, -0.15) is 0 Å². The molecule has 5 nitrogen and oxygen atoms in total. The van der Waals surface area contributed by atoms with E-state index in [1.165, 1.54) is 52.1 Å². The van der Waals surface area contributed by atoms with Crippen LogP contribution < -0.4 is 0 Å². The van der Waals surface area contributed by atoms with Gasteiger partial charge in [-0.3, -0.25) is 4.79 Å². The Morgan fingerprint density at radius 1 is 0.822 bits per heavy atom. The molecule has 0 N–H and O–H groups in total. The number of esters is 1. The van der Waals surface area contributed by atoms with Gasteiger partial charge in [0.25, 0.3) is 0 Å². The van der Waals surface area contributed by atoms with Crippen LogP contribution in [-0.4, -0.2) is 56.3 Å². The summed E-state index contributed by atoms with van der Waals surface area (Å²) in [5.41, 5.74) is 0.452. The van der Waals surface area contributed by atoms with Crippen molar-refractivity contribution in [3.8, 4) is 0 Å². The van der Waals surface area contributed by atoms with Gasteiger partial charge in [0.05, 0.1) is 19.1 Å². The zero-order chi connectivity index (χ0) is 33.8. The maximum atomic E-state index is 12.0. The Morgan fingerprint density at radius 2 is 1.44 bits per heavy atom. The maximum absolute atomic E-state index is 12.0. The third-order valence-corrected chi connectivity index (χ3v) is 15.5. The van der Waals surface area contributed by atoms with Crippen molar-refractivity contribution in [2.24, 2.45) is 52.3 Å². The first kappa shape index (κ1) is 37.6. The average molecular weight is 679 g/mol. The van der Waals surface area contributed by atoms with E-state index in [1.807, 2.05) is 13.0 Å². The molecule has 260 valence electrons. The lowest BCUT2D eigenvalue weighted by Crippen LogP contribution is -2.64. The number of hydrogen-bond donors (Lipinski definition) is 0. The summed E-state index contributed by atoms with van der Waals surface area (Å²) in [5.74, 6) is 3.29. The van der Waals surface area contributed by atoms with Gasteiger partial charge in [-0.25, -0.2) is 0 Å². The highest BCUT2D eigenvalue weighted by atomic mass is 28.4. The van der Waals surface area contributed by atoms with Gasteiger partial charge >= 0.3 is 5.97 Å². The second-order valence-electron chi connectivity index (χ2n) is 19.1. The molecule has 12 atom stereocenters. The quantitative estimate of drug-likeness (QED) is 0.124. The molecule has 8 heteroatoms. The standard InChI is InChI=1S/C37H70O5Si3/c1-25(16-15-17-26(2)35(38)39-5)29-18-19-30-34-31(24-33(37(29,30)4)42-45(12,13)14)36(3)21-20-28(40-43(6,7)8)22-27(36)23-32(34)41-44(9,10)11/h15,17,25-34H,16,18-24H2,1-14H3/b17-15+/t25?,26?,27-,28+,29+,30-,31-,32+,33-,34-,36-,37+/m0/s1. The SMILES string of the molecule is COC(=O)C(C)/C=C/CC(C)[C@H]1CC[C@H]2[C@@H]3[C@H](O[Si](C)(C)C)C[C@@H]4C[C@H](O[Si](C)(C)C)CC[C@]4(C)[C@H]3C[C@H](O[Si](C)(C)C)[C@]12C. The molecule has 45 heavy (non-hydrogen) atoms. The van der Waals surface area contributed by atoms with Gasteiger partial charge in [-0.1, -0.05) is 32.9 Å². The summed E-state index contributed by atoms with van der Waals surface area (Å²) < 4.78 is 26.4. The minimum absolute atomic E-state index is 0.130. The third kappa shape index (κ3) is 8.31. The van der Waals surface area contributed by atoms with E-state index in [4.69, 9.17) is 18.0 Å². The zero-order valence-corrected chi connectivity index (χ0v) is 34.6. The number of fused-ring (bicyclic) bond motifs is 5. The molecule has 4 aliphatic rings. The van der Waals surface area contributed by atoms with Crippen molar-refractivity contribution in [1.82, 2.24) is 0 Å². The lowest BCUT2D eigenvalue weighted by molar-refractivity contribution is -0.199. The summed E-state index contributed by atoms with van der Waals surface area (Å²) in [4.78, 5) is 12.0. The number of ether oxygens (including phenoxy) is 1. The molecule has 0 aliphatic heterocycles. The molecule has 0 bridgehead atoms. The second-order valence-corrected chi connectivity index (χ2v) is 32.5. The van der Waals surface area contributed by atoms with Crippen LogP contribution in [0, 0.1) is 52.3 Å². The summed E-state index contributed by atoms with van der Waals surface area (Å²) in [6.07, 6.45) is 15.0. The molecule has 0 radical (unpaired) electrons. The van der Waals surface area contributed by atoms with Gasteiger partial charge in [-0.05, 0) is 164 Å². The van der Waals surface area contributed by atoms with E-state index in [-0.39, 0.29) is 17.3 Å². The summed E-state index contributed by atoms with van der Waals surface area (Å²) in [5, 5.41) is 0. The molecule has 0 spiro atoms. The topological polar surface area (TPSA) is 54.0 Å². The first-order chi connectivity index (χ1) is 20.6. The Morgan fingerprint density at radius 3 is 2.02 bits per heavy atom. The third-order valence-electron chi connectivity index (χ3n) is 12.5. The Bertz CT molecular complexity index is 1060. The molecule has 0 aromatic heterocycles. The monoisotopic (exact) mass is 678 g/mol. The predicted octanol–water partition coefficient (Wildman–Crippen LogP) is 9.92. The van der Waals surface area contributed by atoms with Crippen LogP contribution in [-0.2, 0) is 22.8 Å². The van der Waals surface area contributed by atoms with E-state index < -0.39 is 25.0 Å². The van der Waals surface area contributed by atoms with Crippen LogP contribution in [0.15, 0.2) is 12.2 Å². The van der Waals surface area contributed by atoms with E-state index in [9.17, 15) is 4.79 Å². The molecule has 4 fully saturated rings. The summed E-state index contributed by atoms with van der Waals surface area (Å²) >= 11 is 0. The minimum Gasteiger partial charge on any atom is -0.469 e. The fourth-order valence-electron chi connectivity index (χ4n) is 10.8. The lowest BCUT2D eigenvalue weighted by Gasteiger charge is -2.66. The van der Waals surface area contributed by atoms with Crippen molar-refractivity contribution in [2.45, 2.75) is 156 Å². The molecule has 2 unspecified atom stereocenters. The highest BCUT2D eigenvalue weighted by Gasteiger charge is 2.67. The molecule has 0 amide bonds. The fourth-order valence-corrected chi connectivity index (χ4v) is 14.4. The van der Waals surface area contributed by atoms with Crippen LogP contribution in [0.1, 0.15) is 79.1 Å². The molecule has 4 saturated carbocycles. The minimum atomic E-state index is -1.80. The molecule has 0 aromatic carbocycles. The average Bonchev–Trinajstić information content (AvgIpc) is 3.25. The number of rotatable bonds is 11. The van der Waals surface area contributed by atoms with Gasteiger partial charge in [0.2, 0.25) is 0 Å². The first-order valence-corrected chi connectivity index (χ1v) is 28.6. The van der Waals surface area contributed by atoms with E-state index in [0.29, 0.717) is 59.2 Å². The number of allylic oxidation sites excluding steroid dienone is 1. The molecular formula is C37H70O5Si3. The van der Waals surface area contributed by atoms with Crippen molar-refractivity contribution in [2.75, 3.05) is 7.11 Å². The Labute approximate surface area is 280 Å². The van der Waals surface area contributed by atoms with Crippen molar-refractivity contribution < 1.29 is 22.8 Å². The van der Waals surface area contributed by atoms with E-state index in [2.05, 4.69) is 85.8 Å². The fraction of sp³-hybridized carbons (Fsp3) is 0.919. The van der Waals surface area contributed by atoms with Gasteiger partial charge in [0.15, 0.2) is 25.0 Å². The van der Waals surface area contributed by atoms with E-state index >= 15 is 0 Å².